The molecule has 1 amide bonds. The molecular formula is C14H12ClF2N3O2. The van der Waals surface area contributed by atoms with Crippen LogP contribution >= 0.6 is 11.6 Å². The number of nitrogens with zero attached hydrogens (tertiary/aromatic N) is 3. The average molecular weight is 328 g/mol. The molecule has 0 N–H and O–H groups in total. The van der Waals surface area contributed by atoms with Crippen LogP contribution in [0.2, 0.25) is 5.02 Å². The number of ether oxygens (including phenoxy) is 1. The fourth-order valence-electron chi connectivity index (χ4n) is 1.62. The van der Waals surface area contributed by atoms with Crippen molar-refractivity contribution in [2.24, 2.45) is 0 Å². The van der Waals surface area contributed by atoms with E-state index in [0.29, 0.717) is 10.8 Å². The third-order valence-corrected chi connectivity index (χ3v) is 2.91. The molecule has 0 fully saturated rings. The molecule has 116 valence electrons. The molecule has 2 aromatic heterocycles. The molecule has 0 saturated carbocycles. The third kappa shape index (κ3) is 4.11. The van der Waals surface area contributed by atoms with Gasteiger partial charge in [-0.15, -0.1) is 0 Å². The Morgan fingerprint density at radius 2 is 2.14 bits per heavy atom. The van der Waals surface area contributed by atoms with Gasteiger partial charge in [0.25, 0.3) is 12.3 Å². The van der Waals surface area contributed by atoms with Crippen molar-refractivity contribution >= 4 is 23.3 Å². The van der Waals surface area contributed by atoms with Crippen LogP contribution in [0.4, 0.5) is 14.6 Å². The predicted octanol–water partition coefficient (Wildman–Crippen LogP) is 3.05. The number of carbonyl (C=O) groups excluding carboxylic acids is 1. The average Bonchev–Trinajstić information content (AvgIpc) is 2.52. The Bertz CT molecular complexity index is 653. The molecule has 0 bridgehead atoms. The molecule has 2 heterocycles. The van der Waals surface area contributed by atoms with Gasteiger partial charge in [0.1, 0.15) is 23.9 Å². The lowest BCUT2D eigenvalue weighted by Crippen LogP contribution is -2.27. The first-order valence-electron chi connectivity index (χ1n) is 6.24. The largest absolute Gasteiger partial charge is 0.488 e. The molecule has 8 heteroatoms. The Morgan fingerprint density at radius 1 is 1.36 bits per heavy atom. The van der Waals surface area contributed by atoms with E-state index in [1.54, 1.807) is 12.1 Å². The van der Waals surface area contributed by atoms with Crippen LogP contribution in [0.1, 0.15) is 10.5 Å². The Balaban J connectivity index is 2.14. The predicted molar refractivity (Wildman–Crippen MR) is 77.7 cm³/mol. The zero-order valence-corrected chi connectivity index (χ0v) is 12.3. The molecule has 0 aromatic carbocycles. The summed E-state index contributed by atoms with van der Waals surface area (Å²) in [7, 11) is 1.52. The van der Waals surface area contributed by atoms with Gasteiger partial charge in [-0.3, -0.25) is 14.7 Å². The number of aromatic nitrogens is 2. The van der Waals surface area contributed by atoms with E-state index in [9.17, 15) is 13.6 Å². The van der Waals surface area contributed by atoms with Crippen molar-refractivity contribution in [3.05, 3.63) is 47.4 Å². The molecular weight excluding hydrogens is 316 g/mol. The summed E-state index contributed by atoms with van der Waals surface area (Å²) in [5, 5.41) is 0.449. The van der Waals surface area contributed by atoms with Crippen LogP contribution in [-0.2, 0) is 0 Å². The van der Waals surface area contributed by atoms with E-state index < -0.39 is 18.9 Å². The summed E-state index contributed by atoms with van der Waals surface area (Å²) in [5.41, 5.74) is 0.0611. The standard InChI is InChI=1S/C14H12ClF2N3O2/c1-20(13-3-2-9(15)7-19-13)14(21)11-6-10(4-5-18-11)22-8-12(16)17/h2-7,12H,8H2,1H3. The molecule has 0 unspecified atom stereocenters. The highest BCUT2D eigenvalue weighted by molar-refractivity contribution is 6.30. The van der Waals surface area contributed by atoms with Gasteiger partial charge in [-0.25, -0.2) is 13.8 Å². The van der Waals surface area contributed by atoms with Gasteiger partial charge in [0.15, 0.2) is 0 Å². The van der Waals surface area contributed by atoms with Crippen molar-refractivity contribution in [2.75, 3.05) is 18.6 Å². The number of halogens is 3. The SMILES string of the molecule is CN(C(=O)c1cc(OCC(F)F)ccn1)c1ccc(Cl)cn1. The molecule has 0 spiro atoms. The van der Waals surface area contributed by atoms with Gasteiger partial charge in [0.05, 0.1) is 5.02 Å². The molecule has 0 aliphatic heterocycles. The summed E-state index contributed by atoms with van der Waals surface area (Å²) in [6, 6.07) is 5.89. The Hall–Kier alpha value is -2.28. The third-order valence-electron chi connectivity index (χ3n) is 2.69. The fraction of sp³-hybridized carbons (Fsp3) is 0.214. The van der Waals surface area contributed by atoms with Crippen molar-refractivity contribution in [2.45, 2.75) is 6.43 Å². The van der Waals surface area contributed by atoms with Gasteiger partial charge in [-0.05, 0) is 18.2 Å². The molecule has 0 aliphatic carbocycles. The lowest BCUT2D eigenvalue weighted by atomic mass is 10.3. The van der Waals surface area contributed by atoms with Crippen LogP contribution in [0.25, 0.3) is 0 Å². The Labute approximate surface area is 130 Å². The minimum absolute atomic E-state index is 0.0611. The summed E-state index contributed by atoms with van der Waals surface area (Å²) in [5.74, 6) is 0.0866. The highest BCUT2D eigenvalue weighted by Crippen LogP contribution is 2.17. The maximum absolute atomic E-state index is 12.3. The highest BCUT2D eigenvalue weighted by atomic mass is 35.5. The molecule has 0 atom stereocenters. The number of rotatable bonds is 5. The van der Waals surface area contributed by atoms with Crippen LogP contribution < -0.4 is 9.64 Å². The maximum atomic E-state index is 12.3. The highest BCUT2D eigenvalue weighted by Gasteiger charge is 2.17. The monoisotopic (exact) mass is 327 g/mol. The van der Waals surface area contributed by atoms with Gasteiger partial charge in [-0.1, -0.05) is 11.6 Å². The number of amides is 1. The second kappa shape index (κ2) is 7.13. The maximum Gasteiger partial charge on any atom is 0.277 e. The molecule has 2 aromatic rings. The van der Waals surface area contributed by atoms with Gasteiger partial charge < -0.3 is 4.74 Å². The van der Waals surface area contributed by atoms with E-state index in [-0.39, 0.29) is 11.4 Å². The number of hydrogen-bond donors (Lipinski definition) is 0. The second-order valence-corrected chi connectivity index (χ2v) is 4.71. The Kier molecular flexibility index (Phi) is 5.21. The number of anilines is 1. The molecule has 0 saturated heterocycles. The quantitative estimate of drug-likeness (QED) is 0.847. The zero-order valence-electron chi connectivity index (χ0n) is 11.5. The van der Waals surface area contributed by atoms with Gasteiger partial charge in [0.2, 0.25) is 0 Å². The summed E-state index contributed by atoms with van der Waals surface area (Å²) in [6.07, 6.45) is 0.140. The van der Waals surface area contributed by atoms with Gasteiger partial charge in [0, 0.05) is 25.5 Å². The van der Waals surface area contributed by atoms with Crippen LogP contribution in [0.15, 0.2) is 36.7 Å². The molecule has 0 aliphatic rings. The normalized spacial score (nSPS) is 10.6. The lowest BCUT2D eigenvalue weighted by molar-refractivity contribution is 0.0817. The summed E-state index contributed by atoms with van der Waals surface area (Å²) < 4.78 is 29.1. The Morgan fingerprint density at radius 3 is 2.77 bits per heavy atom. The van der Waals surface area contributed by atoms with Crippen molar-refractivity contribution in [3.63, 3.8) is 0 Å². The van der Waals surface area contributed by atoms with Crippen LogP contribution in [-0.4, -0.2) is 36.0 Å². The number of carbonyl (C=O) groups is 1. The lowest BCUT2D eigenvalue weighted by Gasteiger charge is -2.16. The van der Waals surface area contributed by atoms with Crippen molar-refractivity contribution in [1.29, 1.82) is 0 Å². The minimum atomic E-state index is -2.59. The summed E-state index contributed by atoms with van der Waals surface area (Å²) in [6.45, 7) is -0.744. The van der Waals surface area contributed by atoms with Crippen LogP contribution in [0.3, 0.4) is 0 Å². The van der Waals surface area contributed by atoms with Crippen molar-refractivity contribution in [3.8, 4) is 5.75 Å². The fourth-order valence-corrected chi connectivity index (χ4v) is 1.73. The van der Waals surface area contributed by atoms with Crippen molar-refractivity contribution < 1.29 is 18.3 Å². The molecule has 0 radical (unpaired) electrons. The van der Waals surface area contributed by atoms with E-state index in [1.165, 1.54) is 36.5 Å². The first-order chi connectivity index (χ1) is 10.5. The van der Waals surface area contributed by atoms with E-state index in [0.717, 1.165) is 0 Å². The van der Waals surface area contributed by atoms with Crippen LogP contribution in [0.5, 0.6) is 5.75 Å². The van der Waals surface area contributed by atoms with E-state index in [1.807, 2.05) is 0 Å². The number of pyridine rings is 2. The summed E-state index contributed by atoms with van der Waals surface area (Å²) in [4.78, 5) is 21.5. The first-order valence-corrected chi connectivity index (χ1v) is 6.62. The van der Waals surface area contributed by atoms with E-state index >= 15 is 0 Å². The summed E-state index contributed by atoms with van der Waals surface area (Å²) >= 11 is 5.74. The van der Waals surface area contributed by atoms with Crippen LogP contribution in [0, 0.1) is 0 Å². The minimum Gasteiger partial charge on any atom is -0.488 e. The smallest absolute Gasteiger partial charge is 0.277 e. The number of hydrogen-bond acceptors (Lipinski definition) is 4. The van der Waals surface area contributed by atoms with Gasteiger partial charge >= 0.3 is 0 Å². The zero-order chi connectivity index (χ0) is 16.1. The van der Waals surface area contributed by atoms with Gasteiger partial charge in [-0.2, -0.15) is 0 Å². The van der Waals surface area contributed by atoms with E-state index in [2.05, 4.69) is 9.97 Å². The second-order valence-electron chi connectivity index (χ2n) is 4.28. The van der Waals surface area contributed by atoms with Crippen molar-refractivity contribution in [1.82, 2.24) is 9.97 Å². The molecule has 22 heavy (non-hydrogen) atoms. The topological polar surface area (TPSA) is 55.3 Å². The molecule has 2 rings (SSSR count). The molecule has 5 nitrogen and oxygen atoms in total. The van der Waals surface area contributed by atoms with E-state index in [4.69, 9.17) is 16.3 Å². The first kappa shape index (κ1) is 16.1. The number of alkyl halides is 2.